The van der Waals surface area contributed by atoms with Crippen molar-refractivity contribution in [2.24, 2.45) is 0 Å². The highest BCUT2D eigenvalue weighted by Crippen LogP contribution is 2.46. The smallest absolute Gasteiger partial charge is 0.290 e. The summed E-state index contributed by atoms with van der Waals surface area (Å²) in [6, 6.07) is 13.1. The predicted molar refractivity (Wildman–Crippen MR) is 114 cm³/mol. The molecular weight excluding hydrogens is 403 g/mol. The molecule has 0 spiro atoms. The summed E-state index contributed by atoms with van der Waals surface area (Å²) < 4.78 is 47.7. The summed E-state index contributed by atoms with van der Waals surface area (Å²) >= 11 is 0. The average Bonchev–Trinajstić information content (AvgIpc) is 2.93. The monoisotopic (exact) mass is 424 g/mol. The van der Waals surface area contributed by atoms with Crippen LogP contribution in [0.5, 0.6) is 34.5 Å². The minimum atomic E-state index is -0.381. The van der Waals surface area contributed by atoms with Crippen molar-refractivity contribution in [1.29, 1.82) is 0 Å². The van der Waals surface area contributed by atoms with Crippen molar-refractivity contribution in [3.63, 3.8) is 0 Å². The van der Waals surface area contributed by atoms with Gasteiger partial charge in [0, 0.05) is 36.4 Å². The summed E-state index contributed by atoms with van der Waals surface area (Å²) in [6.45, 7) is 0. The molecule has 0 unspecified atom stereocenters. The maximum Gasteiger partial charge on any atom is 0.290 e. The molecule has 3 aromatic rings. The number of hydrogen-bond donors (Lipinski definition) is 0. The van der Waals surface area contributed by atoms with Crippen LogP contribution in [0.15, 0.2) is 54.5 Å². The van der Waals surface area contributed by atoms with Crippen LogP contribution in [0.1, 0.15) is 5.56 Å². The molecule has 1 aliphatic heterocycles. The van der Waals surface area contributed by atoms with E-state index in [2.05, 4.69) is 0 Å². The van der Waals surface area contributed by atoms with Crippen LogP contribution in [0, 0.1) is 5.82 Å². The first-order chi connectivity index (χ1) is 15.0. The van der Waals surface area contributed by atoms with Crippen molar-refractivity contribution in [1.82, 2.24) is 0 Å². The lowest BCUT2D eigenvalue weighted by molar-refractivity contribution is 0.230. The minimum Gasteiger partial charge on any atom is -0.496 e. The highest BCUT2D eigenvalue weighted by Gasteiger charge is 2.24. The number of benzene rings is 3. The minimum absolute atomic E-state index is 0.135. The first-order valence-corrected chi connectivity index (χ1v) is 9.41. The fourth-order valence-electron chi connectivity index (χ4n) is 3.34. The quantitative estimate of drug-likeness (QED) is 0.536. The number of fused-ring (bicyclic) bond motifs is 3. The molecule has 0 saturated heterocycles. The van der Waals surface area contributed by atoms with Gasteiger partial charge in [0.2, 0.25) is 0 Å². The molecule has 7 heteroatoms. The molecular formula is C24H21FO6. The van der Waals surface area contributed by atoms with Crippen LogP contribution in [-0.2, 0) is 0 Å². The summed E-state index contributed by atoms with van der Waals surface area (Å²) in [6.07, 6.45) is 1.62. The summed E-state index contributed by atoms with van der Waals surface area (Å²) in [7, 11) is 6.20. The SMILES string of the molecule is COc1cc(OC)cc(OC2=Cc3cc(F)ccc3-c3c(OC)cc(OC)cc3O2)c1. The lowest BCUT2D eigenvalue weighted by Gasteiger charge is -2.16. The lowest BCUT2D eigenvalue weighted by Crippen LogP contribution is -2.04. The molecule has 4 rings (SSSR count). The third-order valence-corrected chi connectivity index (χ3v) is 4.81. The van der Waals surface area contributed by atoms with E-state index in [9.17, 15) is 4.39 Å². The summed E-state index contributed by atoms with van der Waals surface area (Å²) in [4.78, 5) is 0. The van der Waals surface area contributed by atoms with Gasteiger partial charge < -0.3 is 28.4 Å². The summed E-state index contributed by atoms with van der Waals surface area (Å²) in [5, 5.41) is 0. The molecule has 1 heterocycles. The Balaban J connectivity index is 1.85. The molecule has 0 bridgehead atoms. The van der Waals surface area contributed by atoms with Gasteiger partial charge in [-0.2, -0.15) is 0 Å². The molecule has 0 fully saturated rings. The third-order valence-electron chi connectivity index (χ3n) is 4.81. The molecule has 0 atom stereocenters. The van der Waals surface area contributed by atoms with E-state index in [1.807, 2.05) is 0 Å². The van der Waals surface area contributed by atoms with Crippen LogP contribution in [-0.4, -0.2) is 28.4 Å². The maximum atomic E-state index is 14.1. The Morgan fingerprint density at radius 3 is 2.00 bits per heavy atom. The Kier molecular flexibility index (Phi) is 5.58. The largest absolute Gasteiger partial charge is 0.496 e. The van der Waals surface area contributed by atoms with Gasteiger partial charge in [0.15, 0.2) is 0 Å². The summed E-state index contributed by atoms with van der Waals surface area (Å²) in [5.41, 5.74) is 1.97. The van der Waals surface area contributed by atoms with Crippen LogP contribution in [0.3, 0.4) is 0 Å². The molecule has 0 aromatic heterocycles. The number of hydrogen-bond acceptors (Lipinski definition) is 6. The van der Waals surface area contributed by atoms with E-state index in [-0.39, 0.29) is 11.8 Å². The normalized spacial score (nSPS) is 11.8. The van der Waals surface area contributed by atoms with Crippen molar-refractivity contribution in [3.8, 4) is 45.6 Å². The second-order valence-corrected chi connectivity index (χ2v) is 6.65. The molecule has 3 aromatic carbocycles. The van der Waals surface area contributed by atoms with Gasteiger partial charge in [-0.25, -0.2) is 4.39 Å². The van der Waals surface area contributed by atoms with Gasteiger partial charge in [-0.05, 0) is 23.3 Å². The van der Waals surface area contributed by atoms with Crippen molar-refractivity contribution in [3.05, 3.63) is 65.9 Å². The third kappa shape index (κ3) is 4.07. The first-order valence-electron chi connectivity index (χ1n) is 9.41. The maximum absolute atomic E-state index is 14.1. The zero-order valence-electron chi connectivity index (χ0n) is 17.5. The van der Waals surface area contributed by atoms with Crippen molar-refractivity contribution >= 4 is 6.08 Å². The standard InChI is InChI=1S/C24H21FO6/c1-26-16-9-17(27-2)11-19(10-16)30-23-8-14-7-15(25)5-6-20(14)24-21(29-4)12-18(28-3)13-22(24)31-23/h5-13H,1-4H3. The van der Waals surface area contributed by atoms with E-state index in [0.717, 1.165) is 5.56 Å². The number of ether oxygens (including phenoxy) is 6. The van der Waals surface area contributed by atoms with Crippen LogP contribution < -0.4 is 28.4 Å². The molecule has 6 nitrogen and oxygen atoms in total. The fraction of sp³-hybridized carbons (Fsp3) is 0.167. The fourth-order valence-corrected chi connectivity index (χ4v) is 3.34. The molecule has 31 heavy (non-hydrogen) atoms. The van der Waals surface area contributed by atoms with E-state index in [1.165, 1.54) is 12.1 Å². The number of rotatable bonds is 6. The van der Waals surface area contributed by atoms with Crippen LogP contribution >= 0.6 is 0 Å². The molecule has 0 amide bonds. The predicted octanol–water partition coefficient (Wildman–Crippen LogP) is 5.30. The van der Waals surface area contributed by atoms with Gasteiger partial charge >= 0.3 is 0 Å². The highest BCUT2D eigenvalue weighted by atomic mass is 19.1. The Morgan fingerprint density at radius 1 is 0.710 bits per heavy atom. The van der Waals surface area contributed by atoms with Crippen molar-refractivity contribution in [2.75, 3.05) is 28.4 Å². The van der Waals surface area contributed by atoms with Crippen molar-refractivity contribution < 1.29 is 32.8 Å². The number of halogens is 1. The second-order valence-electron chi connectivity index (χ2n) is 6.65. The Hall–Kier alpha value is -3.87. The van der Waals surface area contributed by atoms with Crippen LogP contribution in [0.4, 0.5) is 4.39 Å². The van der Waals surface area contributed by atoms with Gasteiger partial charge in [0.05, 0.1) is 34.0 Å². The Labute approximate surface area is 179 Å². The topological polar surface area (TPSA) is 55.4 Å². The Morgan fingerprint density at radius 2 is 1.35 bits per heavy atom. The van der Waals surface area contributed by atoms with Gasteiger partial charge in [-0.15, -0.1) is 0 Å². The first kappa shape index (κ1) is 20.4. The van der Waals surface area contributed by atoms with Gasteiger partial charge in [0.1, 0.15) is 40.3 Å². The molecule has 1 aliphatic rings. The van der Waals surface area contributed by atoms with Gasteiger partial charge in [-0.3, -0.25) is 0 Å². The van der Waals surface area contributed by atoms with E-state index < -0.39 is 0 Å². The molecule has 0 saturated carbocycles. The lowest BCUT2D eigenvalue weighted by atomic mass is 9.98. The average molecular weight is 424 g/mol. The molecule has 160 valence electrons. The molecule has 0 radical (unpaired) electrons. The molecule has 0 aliphatic carbocycles. The van der Waals surface area contributed by atoms with Gasteiger partial charge in [0.25, 0.3) is 5.95 Å². The van der Waals surface area contributed by atoms with E-state index in [1.54, 1.807) is 70.9 Å². The zero-order valence-corrected chi connectivity index (χ0v) is 17.5. The van der Waals surface area contributed by atoms with E-state index >= 15 is 0 Å². The summed E-state index contributed by atoms with van der Waals surface area (Å²) in [5.74, 6) is 2.81. The number of methoxy groups -OCH3 is 4. The van der Waals surface area contributed by atoms with Crippen molar-refractivity contribution in [2.45, 2.75) is 0 Å². The zero-order chi connectivity index (χ0) is 22.0. The Bertz CT molecular complexity index is 1130. The van der Waals surface area contributed by atoms with Gasteiger partial charge in [-0.1, -0.05) is 6.07 Å². The molecule has 0 N–H and O–H groups in total. The second kappa shape index (κ2) is 8.47. The highest BCUT2D eigenvalue weighted by molar-refractivity contribution is 5.86. The van der Waals surface area contributed by atoms with Crippen LogP contribution in [0.25, 0.3) is 17.2 Å². The van der Waals surface area contributed by atoms with Crippen LogP contribution in [0.2, 0.25) is 0 Å². The van der Waals surface area contributed by atoms with E-state index in [4.69, 9.17) is 28.4 Å². The van der Waals surface area contributed by atoms with E-state index in [0.29, 0.717) is 45.6 Å².